The van der Waals surface area contributed by atoms with Crippen molar-refractivity contribution in [2.24, 2.45) is 0 Å². The van der Waals surface area contributed by atoms with Crippen LogP contribution in [0, 0.1) is 0 Å². The van der Waals surface area contributed by atoms with Gasteiger partial charge in [0.1, 0.15) is 17.6 Å². The van der Waals surface area contributed by atoms with Crippen LogP contribution in [-0.4, -0.2) is 12.2 Å². The summed E-state index contributed by atoms with van der Waals surface area (Å²) < 4.78 is 12.2. The van der Waals surface area contributed by atoms with Crippen molar-refractivity contribution >= 4 is 27.3 Å². The molecule has 1 aliphatic rings. The highest BCUT2D eigenvalue weighted by molar-refractivity contribution is 9.10. The first-order chi connectivity index (χ1) is 9.17. The lowest BCUT2D eigenvalue weighted by Gasteiger charge is -2.29. The van der Waals surface area contributed by atoms with Crippen LogP contribution in [0.1, 0.15) is 29.1 Å². The van der Waals surface area contributed by atoms with Crippen molar-refractivity contribution in [3.8, 4) is 11.5 Å². The Morgan fingerprint density at radius 3 is 2.95 bits per heavy atom. The van der Waals surface area contributed by atoms with Gasteiger partial charge in [0.05, 0.1) is 13.2 Å². The van der Waals surface area contributed by atoms with E-state index in [1.807, 2.05) is 29.6 Å². The molecule has 0 aliphatic carbocycles. The molecule has 0 spiro atoms. The SMILES string of the molecule is COc1ccc2c(c1)OC(c1cc(Br)cs1)C[C@H]2O. The molecule has 0 saturated carbocycles. The maximum Gasteiger partial charge on any atom is 0.136 e. The zero-order valence-corrected chi connectivity index (χ0v) is 12.7. The second-order valence-corrected chi connectivity index (χ2v) is 6.29. The third-order valence-electron chi connectivity index (χ3n) is 3.19. The highest BCUT2D eigenvalue weighted by Gasteiger charge is 2.29. The Morgan fingerprint density at radius 2 is 2.26 bits per heavy atom. The Balaban J connectivity index is 1.93. The standard InChI is InChI=1S/C14H13BrO3S/c1-17-9-2-3-10-11(16)6-13(18-12(10)5-9)14-4-8(15)7-19-14/h2-5,7,11,13,16H,6H2,1H3/t11-,13?/m1/s1. The normalized spacial score (nSPS) is 21.6. The molecular weight excluding hydrogens is 328 g/mol. The lowest BCUT2D eigenvalue weighted by atomic mass is 9.98. The number of benzene rings is 1. The van der Waals surface area contributed by atoms with E-state index in [4.69, 9.17) is 9.47 Å². The summed E-state index contributed by atoms with van der Waals surface area (Å²) in [6.07, 6.45) is -0.0295. The van der Waals surface area contributed by atoms with E-state index >= 15 is 0 Å². The van der Waals surface area contributed by atoms with Crippen LogP contribution >= 0.6 is 27.3 Å². The molecule has 100 valence electrons. The maximum atomic E-state index is 10.2. The largest absolute Gasteiger partial charge is 0.497 e. The summed E-state index contributed by atoms with van der Waals surface area (Å²) in [6, 6.07) is 7.56. The highest BCUT2D eigenvalue weighted by Crippen LogP contribution is 2.43. The Kier molecular flexibility index (Phi) is 3.52. The van der Waals surface area contributed by atoms with Gasteiger partial charge < -0.3 is 14.6 Å². The fraction of sp³-hybridized carbons (Fsp3) is 0.286. The van der Waals surface area contributed by atoms with Gasteiger partial charge in [-0.05, 0) is 34.1 Å². The van der Waals surface area contributed by atoms with Crippen LogP contribution < -0.4 is 9.47 Å². The Morgan fingerprint density at radius 1 is 1.42 bits per heavy atom. The van der Waals surface area contributed by atoms with Gasteiger partial charge in [0.2, 0.25) is 0 Å². The molecule has 2 atom stereocenters. The summed E-state index contributed by atoms with van der Waals surface area (Å²) >= 11 is 5.07. The van der Waals surface area contributed by atoms with E-state index in [0.29, 0.717) is 12.2 Å². The minimum Gasteiger partial charge on any atom is -0.497 e. The van der Waals surface area contributed by atoms with E-state index in [1.54, 1.807) is 18.4 Å². The number of ether oxygens (including phenoxy) is 2. The van der Waals surface area contributed by atoms with Gasteiger partial charge in [-0.25, -0.2) is 0 Å². The van der Waals surface area contributed by atoms with Gasteiger partial charge in [0.25, 0.3) is 0 Å². The molecule has 19 heavy (non-hydrogen) atoms. The molecule has 0 radical (unpaired) electrons. The highest BCUT2D eigenvalue weighted by atomic mass is 79.9. The number of hydrogen-bond donors (Lipinski definition) is 1. The molecule has 1 aliphatic heterocycles. The van der Waals surface area contributed by atoms with Crippen molar-refractivity contribution in [3.05, 3.63) is 44.6 Å². The summed E-state index contributed by atoms with van der Waals surface area (Å²) in [5.41, 5.74) is 0.827. The lowest BCUT2D eigenvalue weighted by Crippen LogP contribution is -2.18. The summed E-state index contributed by atoms with van der Waals surface area (Å²) in [5.74, 6) is 1.44. The van der Waals surface area contributed by atoms with E-state index in [2.05, 4.69) is 15.9 Å². The average molecular weight is 341 g/mol. The second kappa shape index (κ2) is 5.15. The maximum absolute atomic E-state index is 10.2. The predicted molar refractivity (Wildman–Crippen MR) is 78.0 cm³/mol. The third kappa shape index (κ3) is 2.50. The van der Waals surface area contributed by atoms with Gasteiger partial charge >= 0.3 is 0 Å². The topological polar surface area (TPSA) is 38.7 Å². The Labute approximate surface area is 123 Å². The minimum absolute atomic E-state index is 0.106. The van der Waals surface area contributed by atoms with Gasteiger partial charge in [-0.2, -0.15) is 0 Å². The Hall–Kier alpha value is -1.04. The summed E-state index contributed by atoms with van der Waals surface area (Å²) in [4.78, 5) is 1.11. The summed E-state index contributed by atoms with van der Waals surface area (Å²) in [5, 5.41) is 12.3. The molecular formula is C14H13BrO3S. The molecule has 1 N–H and O–H groups in total. The zero-order valence-electron chi connectivity index (χ0n) is 10.3. The lowest BCUT2D eigenvalue weighted by molar-refractivity contribution is 0.0671. The number of methoxy groups -OCH3 is 1. The molecule has 0 bridgehead atoms. The first kappa shape index (κ1) is 13.0. The predicted octanol–water partition coefficient (Wildman–Crippen LogP) is 4.08. The first-order valence-corrected chi connectivity index (χ1v) is 7.61. The van der Waals surface area contributed by atoms with Gasteiger partial charge in [-0.3, -0.25) is 0 Å². The molecule has 1 aromatic heterocycles. The van der Waals surface area contributed by atoms with Crippen molar-refractivity contribution in [2.75, 3.05) is 7.11 Å². The molecule has 0 fully saturated rings. The summed E-state index contributed by atoms with van der Waals surface area (Å²) in [7, 11) is 1.62. The van der Waals surface area contributed by atoms with E-state index in [0.717, 1.165) is 20.7 Å². The van der Waals surface area contributed by atoms with Crippen LogP contribution in [0.5, 0.6) is 11.5 Å². The first-order valence-electron chi connectivity index (χ1n) is 5.94. The number of rotatable bonds is 2. The van der Waals surface area contributed by atoms with Crippen molar-refractivity contribution in [3.63, 3.8) is 0 Å². The number of hydrogen-bond acceptors (Lipinski definition) is 4. The smallest absolute Gasteiger partial charge is 0.136 e. The van der Waals surface area contributed by atoms with E-state index < -0.39 is 6.10 Å². The van der Waals surface area contributed by atoms with Gasteiger partial charge in [-0.1, -0.05) is 0 Å². The molecule has 2 aromatic rings. The summed E-state index contributed by atoms with van der Waals surface area (Å²) in [6.45, 7) is 0. The molecule has 1 aromatic carbocycles. The number of fused-ring (bicyclic) bond motifs is 1. The fourth-order valence-electron chi connectivity index (χ4n) is 2.22. The molecule has 0 amide bonds. The number of aliphatic hydroxyl groups excluding tert-OH is 1. The van der Waals surface area contributed by atoms with Crippen LogP contribution in [0.15, 0.2) is 34.1 Å². The molecule has 5 heteroatoms. The fourth-order valence-corrected chi connectivity index (χ4v) is 3.71. The van der Waals surface area contributed by atoms with Crippen molar-refractivity contribution in [2.45, 2.75) is 18.6 Å². The van der Waals surface area contributed by atoms with Crippen LogP contribution in [0.2, 0.25) is 0 Å². The van der Waals surface area contributed by atoms with Crippen molar-refractivity contribution in [1.29, 1.82) is 0 Å². The van der Waals surface area contributed by atoms with Crippen LogP contribution in [0.4, 0.5) is 0 Å². The molecule has 1 unspecified atom stereocenters. The quantitative estimate of drug-likeness (QED) is 0.895. The van der Waals surface area contributed by atoms with E-state index in [9.17, 15) is 5.11 Å². The third-order valence-corrected chi connectivity index (χ3v) is 4.98. The van der Waals surface area contributed by atoms with Gasteiger partial charge in [0.15, 0.2) is 0 Å². The van der Waals surface area contributed by atoms with Gasteiger partial charge in [0, 0.05) is 32.8 Å². The Bertz CT molecular complexity index is 596. The van der Waals surface area contributed by atoms with Crippen molar-refractivity contribution < 1.29 is 14.6 Å². The van der Waals surface area contributed by atoms with E-state index in [-0.39, 0.29) is 6.10 Å². The van der Waals surface area contributed by atoms with E-state index in [1.165, 1.54) is 0 Å². The molecule has 2 heterocycles. The molecule has 0 saturated heterocycles. The van der Waals surface area contributed by atoms with Gasteiger partial charge in [-0.15, -0.1) is 11.3 Å². The number of aliphatic hydroxyl groups is 1. The second-order valence-electron chi connectivity index (χ2n) is 4.43. The van der Waals surface area contributed by atoms with Crippen LogP contribution in [0.25, 0.3) is 0 Å². The van der Waals surface area contributed by atoms with Crippen LogP contribution in [-0.2, 0) is 0 Å². The monoisotopic (exact) mass is 340 g/mol. The zero-order chi connectivity index (χ0) is 13.4. The number of thiophene rings is 1. The average Bonchev–Trinajstić information content (AvgIpc) is 2.84. The molecule has 3 nitrogen and oxygen atoms in total. The molecule has 3 rings (SSSR count). The van der Waals surface area contributed by atoms with Crippen LogP contribution in [0.3, 0.4) is 0 Å². The number of halogens is 1. The minimum atomic E-state index is -0.500. The van der Waals surface area contributed by atoms with Crippen molar-refractivity contribution in [1.82, 2.24) is 0 Å².